The van der Waals surface area contributed by atoms with E-state index in [0.717, 1.165) is 44.2 Å². The van der Waals surface area contributed by atoms with Gasteiger partial charge in [0, 0.05) is 31.2 Å². The van der Waals surface area contributed by atoms with Gasteiger partial charge in [0.25, 0.3) is 0 Å². The Balaban J connectivity index is 1.86. The first-order valence-electron chi connectivity index (χ1n) is 9.03. The molecule has 0 aromatic rings. The highest BCUT2D eigenvalue weighted by Crippen LogP contribution is 2.35. The van der Waals surface area contributed by atoms with Gasteiger partial charge >= 0.3 is 0 Å². The molecule has 3 nitrogen and oxygen atoms in total. The van der Waals surface area contributed by atoms with Crippen molar-refractivity contribution in [1.82, 2.24) is 10.2 Å². The van der Waals surface area contributed by atoms with Crippen LogP contribution in [0.1, 0.15) is 53.4 Å². The Morgan fingerprint density at radius 3 is 2.48 bits per heavy atom. The van der Waals surface area contributed by atoms with Crippen molar-refractivity contribution in [1.29, 1.82) is 0 Å². The van der Waals surface area contributed by atoms with E-state index in [9.17, 15) is 0 Å². The Morgan fingerprint density at radius 2 is 1.95 bits per heavy atom. The molecule has 0 aromatic heterocycles. The van der Waals surface area contributed by atoms with Crippen LogP contribution in [0.25, 0.3) is 0 Å². The van der Waals surface area contributed by atoms with E-state index in [4.69, 9.17) is 4.74 Å². The third-order valence-corrected chi connectivity index (χ3v) is 4.83. The van der Waals surface area contributed by atoms with Crippen molar-refractivity contribution in [2.45, 2.75) is 59.4 Å². The molecule has 1 aliphatic heterocycles. The van der Waals surface area contributed by atoms with Gasteiger partial charge in [-0.05, 0) is 50.6 Å². The second-order valence-corrected chi connectivity index (χ2v) is 8.21. The molecule has 0 aromatic carbocycles. The number of nitrogens with zero attached hydrogens (tertiary/aromatic N) is 1. The third kappa shape index (κ3) is 5.88. The zero-order valence-corrected chi connectivity index (χ0v) is 14.7. The van der Waals surface area contributed by atoms with Crippen molar-refractivity contribution in [2.24, 2.45) is 17.3 Å². The topological polar surface area (TPSA) is 24.5 Å². The van der Waals surface area contributed by atoms with Gasteiger partial charge in [-0.25, -0.2) is 0 Å². The van der Waals surface area contributed by atoms with Crippen molar-refractivity contribution in [3.8, 4) is 0 Å². The summed E-state index contributed by atoms with van der Waals surface area (Å²) < 4.78 is 5.78. The van der Waals surface area contributed by atoms with E-state index >= 15 is 0 Å². The maximum Gasteiger partial charge on any atom is 0.0547 e. The SMILES string of the molecule is CC(C)CCN(CC1(CNCC(C)C)CCOC1)C1CC1. The van der Waals surface area contributed by atoms with E-state index < -0.39 is 0 Å². The summed E-state index contributed by atoms with van der Waals surface area (Å²) in [6, 6.07) is 0.867. The summed E-state index contributed by atoms with van der Waals surface area (Å²) in [7, 11) is 0. The van der Waals surface area contributed by atoms with Crippen molar-refractivity contribution in [3.05, 3.63) is 0 Å². The Labute approximate surface area is 131 Å². The van der Waals surface area contributed by atoms with Crippen molar-refractivity contribution in [2.75, 3.05) is 39.4 Å². The second-order valence-electron chi connectivity index (χ2n) is 8.21. The van der Waals surface area contributed by atoms with E-state index in [2.05, 4.69) is 37.9 Å². The van der Waals surface area contributed by atoms with Crippen LogP contribution >= 0.6 is 0 Å². The summed E-state index contributed by atoms with van der Waals surface area (Å²) in [5.74, 6) is 1.53. The van der Waals surface area contributed by atoms with Crippen molar-refractivity contribution < 1.29 is 4.74 Å². The maximum atomic E-state index is 5.78. The molecular weight excluding hydrogens is 260 g/mol. The van der Waals surface area contributed by atoms with Crippen molar-refractivity contribution in [3.63, 3.8) is 0 Å². The van der Waals surface area contributed by atoms with Crippen LogP contribution in [0.2, 0.25) is 0 Å². The summed E-state index contributed by atoms with van der Waals surface area (Å²) in [4.78, 5) is 2.77. The lowest BCUT2D eigenvalue weighted by Crippen LogP contribution is -2.46. The molecule has 1 saturated carbocycles. The Bertz CT molecular complexity index is 294. The minimum absolute atomic E-state index is 0.356. The first-order valence-corrected chi connectivity index (χ1v) is 9.03. The van der Waals surface area contributed by atoms with Crippen LogP contribution in [0.5, 0.6) is 0 Å². The summed E-state index contributed by atoms with van der Waals surface area (Å²) in [5, 5.41) is 3.69. The lowest BCUT2D eigenvalue weighted by atomic mass is 9.86. The largest absolute Gasteiger partial charge is 0.381 e. The molecule has 1 heterocycles. The summed E-state index contributed by atoms with van der Waals surface area (Å²) >= 11 is 0. The fourth-order valence-corrected chi connectivity index (χ4v) is 3.28. The molecule has 21 heavy (non-hydrogen) atoms. The van der Waals surface area contributed by atoms with Gasteiger partial charge in [-0.1, -0.05) is 27.7 Å². The quantitative estimate of drug-likeness (QED) is 0.670. The molecule has 1 aliphatic carbocycles. The fourth-order valence-electron chi connectivity index (χ4n) is 3.28. The molecule has 1 unspecified atom stereocenters. The molecule has 0 radical (unpaired) electrons. The van der Waals surface area contributed by atoms with Crippen LogP contribution in [0.4, 0.5) is 0 Å². The number of hydrogen-bond donors (Lipinski definition) is 1. The van der Waals surface area contributed by atoms with Gasteiger partial charge in [-0.3, -0.25) is 4.90 Å². The predicted molar refractivity (Wildman–Crippen MR) is 89.6 cm³/mol. The number of rotatable bonds is 10. The van der Waals surface area contributed by atoms with Gasteiger partial charge in [-0.2, -0.15) is 0 Å². The average Bonchev–Trinajstić information content (AvgIpc) is 3.15. The molecule has 2 aliphatic rings. The molecule has 1 N–H and O–H groups in total. The maximum absolute atomic E-state index is 5.78. The van der Waals surface area contributed by atoms with Crippen LogP contribution in [0.3, 0.4) is 0 Å². The van der Waals surface area contributed by atoms with Gasteiger partial charge in [-0.15, -0.1) is 0 Å². The van der Waals surface area contributed by atoms with Crippen LogP contribution in [0, 0.1) is 17.3 Å². The molecule has 3 heteroatoms. The normalized spacial score (nSPS) is 26.4. The first-order chi connectivity index (χ1) is 10.0. The molecular formula is C18H36N2O. The summed E-state index contributed by atoms with van der Waals surface area (Å²) in [5.41, 5.74) is 0.356. The average molecular weight is 296 g/mol. The monoisotopic (exact) mass is 296 g/mol. The van der Waals surface area contributed by atoms with E-state index in [1.54, 1.807) is 0 Å². The Kier molecular flexibility index (Phi) is 6.51. The molecule has 0 spiro atoms. The lowest BCUT2D eigenvalue weighted by molar-refractivity contribution is 0.101. The smallest absolute Gasteiger partial charge is 0.0547 e. The van der Waals surface area contributed by atoms with E-state index in [-0.39, 0.29) is 0 Å². The summed E-state index contributed by atoms with van der Waals surface area (Å²) in [6.45, 7) is 15.9. The molecule has 1 saturated heterocycles. The highest BCUT2D eigenvalue weighted by atomic mass is 16.5. The third-order valence-electron chi connectivity index (χ3n) is 4.83. The fraction of sp³-hybridized carbons (Fsp3) is 1.00. The minimum Gasteiger partial charge on any atom is -0.381 e. The molecule has 2 fully saturated rings. The predicted octanol–water partition coefficient (Wildman–Crippen LogP) is 3.15. The minimum atomic E-state index is 0.356. The highest BCUT2D eigenvalue weighted by Gasteiger charge is 2.40. The zero-order valence-electron chi connectivity index (χ0n) is 14.7. The van der Waals surface area contributed by atoms with Crippen LogP contribution in [-0.2, 0) is 4.74 Å². The first kappa shape index (κ1) is 17.2. The molecule has 2 rings (SSSR count). The number of ether oxygens (including phenoxy) is 1. The Hall–Kier alpha value is -0.120. The summed E-state index contributed by atoms with van der Waals surface area (Å²) in [6.07, 6.45) is 5.37. The van der Waals surface area contributed by atoms with Gasteiger partial charge in [0.2, 0.25) is 0 Å². The van der Waals surface area contributed by atoms with Crippen molar-refractivity contribution >= 4 is 0 Å². The highest BCUT2D eigenvalue weighted by molar-refractivity contribution is 4.93. The molecule has 1 atom stereocenters. The van der Waals surface area contributed by atoms with Crippen LogP contribution < -0.4 is 5.32 Å². The number of nitrogens with one attached hydrogen (secondary N) is 1. The van der Waals surface area contributed by atoms with E-state index in [0.29, 0.717) is 5.41 Å². The van der Waals surface area contributed by atoms with Gasteiger partial charge in [0.1, 0.15) is 0 Å². The Morgan fingerprint density at radius 1 is 1.19 bits per heavy atom. The van der Waals surface area contributed by atoms with E-state index in [1.165, 1.54) is 38.8 Å². The zero-order chi connectivity index (χ0) is 15.3. The molecule has 0 amide bonds. The second kappa shape index (κ2) is 7.94. The van der Waals surface area contributed by atoms with Gasteiger partial charge in [0.15, 0.2) is 0 Å². The molecule has 0 bridgehead atoms. The van der Waals surface area contributed by atoms with Crippen LogP contribution in [-0.4, -0.2) is 50.3 Å². The van der Waals surface area contributed by atoms with Crippen LogP contribution in [0.15, 0.2) is 0 Å². The molecule has 124 valence electrons. The van der Waals surface area contributed by atoms with Gasteiger partial charge < -0.3 is 10.1 Å². The van der Waals surface area contributed by atoms with Gasteiger partial charge in [0.05, 0.1) is 6.61 Å². The van der Waals surface area contributed by atoms with E-state index in [1.807, 2.05) is 0 Å². The number of hydrogen-bond acceptors (Lipinski definition) is 3. The standard InChI is InChI=1S/C18H36N2O/c1-15(2)7-9-20(17-5-6-17)13-18(8-10-21-14-18)12-19-11-16(3)4/h15-17,19H,5-14H2,1-4H3. The lowest BCUT2D eigenvalue weighted by Gasteiger charge is -2.35.